The number of phenols is 1. The van der Waals surface area contributed by atoms with Crippen LogP contribution in [0.4, 0.5) is 0 Å². The molecule has 6 aromatic rings. The van der Waals surface area contributed by atoms with Gasteiger partial charge in [0.1, 0.15) is 53.8 Å². The Hall–Kier alpha value is -11.8. The first-order valence-electron chi connectivity index (χ1n) is 44.7. The lowest BCUT2D eigenvalue weighted by molar-refractivity contribution is -0.149. The minimum absolute atomic E-state index is 0.0100. The molecule has 0 saturated carbocycles. The number of thiophene rings is 1. The predicted molar refractivity (Wildman–Crippen MR) is 484 cm³/mol. The molecule has 36 nitrogen and oxygen atoms in total. The number of imidazole rings is 1. The fourth-order valence-corrected chi connectivity index (χ4v) is 19.6. The molecule has 0 spiro atoms. The molecule has 130 heavy (non-hydrogen) atoms. The molecule has 13 amide bonds. The molecule has 702 valence electrons. The van der Waals surface area contributed by atoms with Crippen LogP contribution in [0.2, 0.25) is 0 Å². The third kappa shape index (κ3) is 26.7. The summed E-state index contributed by atoms with van der Waals surface area (Å²) >= 11 is 2.22. The number of hydrogen-bond donors (Lipinski definition) is 13. The van der Waals surface area contributed by atoms with Gasteiger partial charge in [-0.2, -0.15) is 0 Å². The van der Waals surface area contributed by atoms with Crippen LogP contribution in [0.25, 0.3) is 21.0 Å². The van der Waals surface area contributed by atoms with Crippen LogP contribution in [-0.4, -0.2) is 275 Å². The van der Waals surface area contributed by atoms with E-state index in [2.05, 4.69) is 46.9 Å². The first-order valence-corrected chi connectivity index (χ1v) is 46.8. The monoisotopic (exact) mass is 1830 g/mol. The van der Waals surface area contributed by atoms with E-state index < -0.39 is 235 Å². The second-order valence-electron chi connectivity index (χ2n) is 34.9. The number of thioether (sulfide) groups is 1. The highest BCUT2D eigenvalue weighted by Gasteiger charge is 2.47. The molecule has 3 aromatic carbocycles. The van der Waals surface area contributed by atoms with Gasteiger partial charge in [-0.3, -0.25) is 81.5 Å². The van der Waals surface area contributed by atoms with Crippen molar-refractivity contribution in [2.24, 2.45) is 46.8 Å². The highest BCUT2D eigenvalue weighted by Crippen LogP contribution is 2.34. The molecule has 4 saturated heterocycles. The van der Waals surface area contributed by atoms with Crippen molar-refractivity contribution in [2.75, 3.05) is 64.9 Å². The van der Waals surface area contributed by atoms with E-state index in [4.69, 9.17) is 17.2 Å². The number of primary amides is 2. The zero-order valence-corrected chi connectivity index (χ0v) is 76.1. The van der Waals surface area contributed by atoms with E-state index in [0.29, 0.717) is 59.0 Å². The second-order valence-corrected chi connectivity index (χ2v) is 36.9. The van der Waals surface area contributed by atoms with E-state index in [1.54, 1.807) is 12.3 Å². The Bertz CT molecular complexity index is 5060. The summed E-state index contributed by atoms with van der Waals surface area (Å²) in [5.74, 6) is -19.0. The zero-order valence-electron chi connectivity index (χ0n) is 74.5. The Morgan fingerprint density at radius 1 is 0.577 bits per heavy atom. The molecule has 0 radical (unpaired) electrons. The maximum absolute atomic E-state index is 15.7. The van der Waals surface area contributed by atoms with E-state index in [1.165, 1.54) is 88.7 Å². The molecule has 16 N–H and O–H groups in total. The second kappa shape index (κ2) is 47.7. The summed E-state index contributed by atoms with van der Waals surface area (Å²) < 4.78 is 0.864. The topological polar surface area (TPSA) is 542 Å². The number of benzene rings is 3. The molecule has 38 heteroatoms. The Kier molecular flexibility index (Phi) is 36.8. The Labute approximate surface area is 762 Å². The Balaban J connectivity index is 0.993. The number of rotatable bonds is 22. The average molecular weight is 1840 g/mol. The van der Waals surface area contributed by atoms with Crippen molar-refractivity contribution in [1.29, 1.82) is 0 Å². The van der Waals surface area contributed by atoms with Crippen LogP contribution in [0.1, 0.15) is 159 Å². The standard InChI is InChI=1S/C92H123N17O19S2/c1-7-8-21-74-92(128)108-32-15-23-72(108)77(114)39-55(17-13-30-93)84(120)104-70(86(122)98-46-81(95)117)49-129-50-82(118)100-67(35-54-26-28-62(111)29-27-54)89(125)105(5)53(4)83(119)102-69(43-80(94)116)91(127)107-31-14-22-71(107)78(115)40-56(36-61-45-96-51-99-61)75(112)41-57(34-52(2)3)88(124)109-33-16-24-73(109)87(123)101-66(37-58-44-97-65-20-11-9-18-63(58)65)76(113)42-59(47-110)85(121)103-68(90(126)106(74)6)38-60-48-130-79-25-12-10-19-64(60)79/h9-12,18-20,25-29,44-45,48,51-53,55-57,59,66-74,97,110-111H,7-8,13-17,21-24,30-43,46-47,49-50,93H2,1-6H3,(H2,94,116)(H2,95,117)(H,96,99)(H,98,122)(H,100,118)(H,101,123)(H,102,119)(H,103,121)(H,104,120)/t53-,55+,56+,57+,59-,66-,67-,68-,69-,70-,71-,72+,73?,74-/m0/s1. The number of hydrogen-bond acceptors (Lipinski definition) is 23. The Morgan fingerprint density at radius 2 is 1.17 bits per heavy atom. The van der Waals surface area contributed by atoms with Crippen molar-refractivity contribution in [3.8, 4) is 5.75 Å². The molecule has 4 aliphatic rings. The summed E-state index contributed by atoms with van der Waals surface area (Å²) in [6.45, 7) is 5.53. The van der Waals surface area contributed by atoms with Crippen molar-refractivity contribution in [3.63, 3.8) is 0 Å². The third-order valence-corrected chi connectivity index (χ3v) is 27.1. The zero-order chi connectivity index (χ0) is 94.2. The highest BCUT2D eigenvalue weighted by atomic mass is 32.2. The van der Waals surface area contributed by atoms with E-state index in [0.717, 1.165) is 26.7 Å². The lowest BCUT2D eigenvalue weighted by Gasteiger charge is -2.35. The van der Waals surface area contributed by atoms with Gasteiger partial charge < -0.3 is 93.8 Å². The number of aromatic amines is 2. The normalized spacial score (nSPS) is 25.4. The molecule has 0 aliphatic carbocycles. The average Bonchev–Trinajstić information content (AvgIpc) is 1.55. The fourth-order valence-electron chi connectivity index (χ4n) is 17.8. The lowest BCUT2D eigenvalue weighted by atomic mass is 9.83. The van der Waals surface area contributed by atoms with E-state index in [1.807, 2.05) is 68.6 Å². The van der Waals surface area contributed by atoms with Gasteiger partial charge >= 0.3 is 0 Å². The number of nitrogens with two attached hydrogens (primary N) is 3. The largest absolute Gasteiger partial charge is 0.508 e. The molecule has 0 bridgehead atoms. The van der Waals surface area contributed by atoms with Crippen LogP contribution in [0.5, 0.6) is 5.75 Å². The first-order chi connectivity index (χ1) is 62.2. The number of aromatic nitrogens is 3. The summed E-state index contributed by atoms with van der Waals surface area (Å²) in [5, 5.41) is 41.0. The number of nitrogens with one attached hydrogen (secondary N) is 8. The summed E-state index contributed by atoms with van der Waals surface area (Å²) in [6, 6.07) is 6.63. The molecule has 1 unspecified atom stereocenters. The van der Waals surface area contributed by atoms with Gasteiger partial charge in [-0.05, 0) is 142 Å². The number of likely N-dealkylation sites (N-methyl/N-ethyl adjacent to an activating group) is 2. The van der Waals surface area contributed by atoms with Crippen LogP contribution < -0.4 is 49.1 Å². The molecular formula is C92H123N17O19S2. The van der Waals surface area contributed by atoms with Crippen molar-refractivity contribution in [1.82, 2.24) is 71.4 Å². The lowest BCUT2D eigenvalue weighted by Crippen LogP contribution is -2.58. The number of carbonyl (C=O) groups is 17. The van der Waals surface area contributed by atoms with Gasteiger partial charge in [-0.1, -0.05) is 82.1 Å². The number of aliphatic hydroxyl groups is 1. The molecule has 4 aliphatic heterocycles. The van der Waals surface area contributed by atoms with Crippen molar-refractivity contribution in [2.45, 2.75) is 223 Å². The number of fused-ring (bicyclic) bond motifs is 5. The molecular weight excluding hydrogens is 1710 g/mol. The van der Waals surface area contributed by atoms with Crippen LogP contribution in [0.15, 0.2) is 96.9 Å². The molecule has 3 aromatic heterocycles. The predicted octanol–water partition coefficient (Wildman–Crippen LogP) is 2.65. The summed E-state index contributed by atoms with van der Waals surface area (Å²) in [6.07, 6.45) is 4.03. The minimum atomic E-state index is -1.70. The summed E-state index contributed by atoms with van der Waals surface area (Å²) in [4.78, 5) is 267. The SMILES string of the molecule is CCCC[C@H]1C(=O)N2CCC[C@@H]2C(=O)C[C@@H](CCCN)C(=O)N[C@H](C(=O)NCC(N)=O)CSCC(=O)N[C@@H](Cc2ccc(O)cc2)C(=O)N(C)[C@@H](C)C(=O)N[C@@H](CC(N)=O)C(=O)N2CCC[C@H]2C(=O)C[C@@H](Cc2cnc[nH]2)C(=O)C[C@@H](CC(C)C)C(=O)N2CCCC2C(=O)N[C@@H](Cc2c[nH]c3ccccc23)C(=O)C[C@@H](CO)C(=O)N[C@@H](Cc2csc3ccccc23)C(=O)N1C. The van der Waals surface area contributed by atoms with Crippen LogP contribution in [0, 0.1) is 29.6 Å². The van der Waals surface area contributed by atoms with Gasteiger partial charge in [0, 0.05) is 136 Å². The van der Waals surface area contributed by atoms with Gasteiger partial charge in [-0.25, -0.2) is 4.98 Å². The number of phenolic OH excluding ortho intramolecular Hbond substituents is 1. The van der Waals surface area contributed by atoms with E-state index in [9.17, 15) is 48.6 Å². The number of ketones is 4. The van der Waals surface area contributed by atoms with Gasteiger partial charge in [0.2, 0.25) is 76.8 Å². The number of carbonyl (C=O) groups excluding carboxylic acids is 17. The number of aromatic hydroxyl groups is 1. The van der Waals surface area contributed by atoms with Crippen LogP contribution in [0.3, 0.4) is 0 Å². The smallest absolute Gasteiger partial charge is 0.246 e. The number of nitrogens with zero attached hydrogens (tertiary/aromatic N) is 6. The fraction of sp³-hybridized carbons (Fsp3) is 0.543. The van der Waals surface area contributed by atoms with Gasteiger partial charge in [-0.15, -0.1) is 23.1 Å². The number of H-pyrrole nitrogens is 2. The molecule has 4 fully saturated rings. The van der Waals surface area contributed by atoms with Crippen molar-refractivity contribution in [3.05, 3.63) is 119 Å². The number of para-hydroxylation sites is 1. The van der Waals surface area contributed by atoms with Gasteiger partial charge in [0.25, 0.3) is 0 Å². The Morgan fingerprint density at radius 3 is 1.82 bits per heavy atom. The number of amides is 13. The molecule has 10 rings (SSSR count). The van der Waals surface area contributed by atoms with Crippen molar-refractivity contribution >= 4 is 144 Å². The number of Topliss-reactive ketones (excluding diaryl/α,β-unsaturated/α-hetero) is 4. The maximum Gasteiger partial charge on any atom is 0.246 e. The molecule has 7 heterocycles. The summed E-state index contributed by atoms with van der Waals surface area (Å²) in [5.41, 5.74) is 20.0. The third-order valence-electron chi connectivity index (χ3n) is 25.0. The molecule has 14 atom stereocenters. The van der Waals surface area contributed by atoms with Crippen LogP contribution in [-0.2, 0) is 107 Å². The number of unbranched alkanes of at least 4 members (excludes halogenated alkanes) is 1. The minimum Gasteiger partial charge on any atom is -0.508 e. The first kappa shape index (κ1) is 100. The van der Waals surface area contributed by atoms with E-state index in [-0.39, 0.29) is 121 Å². The van der Waals surface area contributed by atoms with Crippen LogP contribution >= 0.6 is 23.1 Å². The highest BCUT2D eigenvalue weighted by molar-refractivity contribution is 8.00. The summed E-state index contributed by atoms with van der Waals surface area (Å²) in [7, 11) is 2.68. The quantitative estimate of drug-likeness (QED) is 0.0464. The van der Waals surface area contributed by atoms with Gasteiger partial charge in [0.05, 0.1) is 55.7 Å². The number of aliphatic hydroxyl groups excluding tert-OH is 1. The maximum atomic E-state index is 15.7. The van der Waals surface area contributed by atoms with Gasteiger partial charge in [0.15, 0.2) is 17.3 Å². The van der Waals surface area contributed by atoms with Crippen molar-refractivity contribution < 1.29 is 91.7 Å². The van der Waals surface area contributed by atoms with E-state index >= 15 is 43.2 Å².